The highest BCUT2D eigenvalue weighted by atomic mass is 35.5. The Morgan fingerprint density at radius 1 is 1.27 bits per heavy atom. The lowest BCUT2D eigenvalue weighted by atomic mass is 9.86. The number of morpholine rings is 1. The lowest BCUT2D eigenvalue weighted by molar-refractivity contribution is -0.155. The average Bonchev–Trinajstić information content (AvgIpc) is 2.54. The van der Waals surface area contributed by atoms with Crippen molar-refractivity contribution in [2.75, 3.05) is 13.2 Å². The van der Waals surface area contributed by atoms with E-state index in [-0.39, 0.29) is 30.5 Å². The van der Waals surface area contributed by atoms with Gasteiger partial charge in [0.1, 0.15) is 5.54 Å². The minimum atomic E-state index is -0.972. The molecule has 1 saturated carbocycles. The molecule has 3 rings (SSSR count). The Kier molecular flexibility index (Phi) is 5.48. The van der Waals surface area contributed by atoms with E-state index in [1.54, 1.807) is 0 Å². The molecule has 3 unspecified atom stereocenters. The van der Waals surface area contributed by atoms with Crippen molar-refractivity contribution in [1.29, 1.82) is 0 Å². The van der Waals surface area contributed by atoms with Gasteiger partial charge in [0, 0.05) is 6.54 Å². The molecule has 1 aliphatic carbocycles. The van der Waals surface area contributed by atoms with Crippen molar-refractivity contribution in [3.63, 3.8) is 0 Å². The van der Waals surface area contributed by atoms with Crippen LogP contribution in [-0.4, -0.2) is 36.1 Å². The highest BCUT2D eigenvalue weighted by molar-refractivity contribution is 5.87. The fraction of sp³-hybridized carbons (Fsp3) is 0.588. The summed E-state index contributed by atoms with van der Waals surface area (Å²) in [6.07, 6.45) is 4.65. The number of carbonyl (C=O) groups excluding carboxylic acids is 1. The maximum Gasteiger partial charge on any atom is 0.247 e. The summed E-state index contributed by atoms with van der Waals surface area (Å²) in [5, 5.41) is 0. The van der Waals surface area contributed by atoms with Gasteiger partial charge < -0.3 is 15.4 Å². The zero-order chi connectivity index (χ0) is 14.9. The molecule has 4 nitrogen and oxygen atoms in total. The Balaban J connectivity index is 0.00000176. The molecule has 1 amide bonds. The van der Waals surface area contributed by atoms with E-state index in [0.29, 0.717) is 13.2 Å². The number of hydrogen-bond acceptors (Lipinski definition) is 3. The van der Waals surface area contributed by atoms with Gasteiger partial charge in [0.15, 0.2) is 0 Å². The maximum atomic E-state index is 13.0. The van der Waals surface area contributed by atoms with Crippen LogP contribution in [0.3, 0.4) is 0 Å². The molecule has 22 heavy (non-hydrogen) atoms. The van der Waals surface area contributed by atoms with Crippen LogP contribution >= 0.6 is 12.4 Å². The van der Waals surface area contributed by atoms with E-state index >= 15 is 0 Å². The molecule has 1 aromatic rings. The molecule has 2 fully saturated rings. The molecule has 1 saturated heterocycles. The second kappa shape index (κ2) is 6.99. The summed E-state index contributed by atoms with van der Waals surface area (Å²) in [6, 6.07) is 9.85. The molecule has 1 aliphatic heterocycles. The quantitative estimate of drug-likeness (QED) is 0.909. The van der Waals surface area contributed by atoms with Crippen LogP contribution in [0, 0.1) is 0 Å². The SMILES string of the molecule is CC(N)(C(=O)N1CCOC2CCCCC21)c1ccccc1.Cl. The molecule has 2 N–H and O–H groups in total. The van der Waals surface area contributed by atoms with Gasteiger partial charge in [-0.1, -0.05) is 43.2 Å². The number of nitrogens with zero attached hydrogens (tertiary/aromatic N) is 1. The predicted molar refractivity (Wildman–Crippen MR) is 88.9 cm³/mol. The van der Waals surface area contributed by atoms with Gasteiger partial charge in [0.2, 0.25) is 5.91 Å². The van der Waals surface area contributed by atoms with Crippen molar-refractivity contribution in [3.8, 4) is 0 Å². The highest BCUT2D eigenvalue weighted by Gasteiger charge is 2.42. The normalized spacial score (nSPS) is 27.3. The maximum absolute atomic E-state index is 13.0. The number of hydrogen-bond donors (Lipinski definition) is 1. The van der Waals surface area contributed by atoms with Crippen molar-refractivity contribution in [3.05, 3.63) is 35.9 Å². The Hall–Kier alpha value is -1.10. The van der Waals surface area contributed by atoms with Crippen molar-refractivity contribution < 1.29 is 9.53 Å². The van der Waals surface area contributed by atoms with Gasteiger partial charge >= 0.3 is 0 Å². The number of amides is 1. The summed E-state index contributed by atoms with van der Waals surface area (Å²) < 4.78 is 5.85. The van der Waals surface area contributed by atoms with Crippen LogP contribution in [0.4, 0.5) is 0 Å². The second-order valence-electron chi connectivity index (χ2n) is 6.33. The van der Waals surface area contributed by atoms with Gasteiger partial charge in [0.25, 0.3) is 0 Å². The predicted octanol–water partition coefficient (Wildman–Crippen LogP) is 2.45. The van der Waals surface area contributed by atoms with E-state index in [2.05, 4.69) is 0 Å². The first-order valence-corrected chi connectivity index (χ1v) is 7.88. The van der Waals surface area contributed by atoms with Gasteiger partial charge in [0.05, 0.1) is 18.8 Å². The Labute approximate surface area is 138 Å². The first kappa shape index (κ1) is 17.3. The van der Waals surface area contributed by atoms with Gasteiger partial charge in [-0.15, -0.1) is 12.4 Å². The largest absolute Gasteiger partial charge is 0.374 e. The first-order chi connectivity index (χ1) is 10.1. The summed E-state index contributed by atoms with van der Waals surface area (Å²) in [6.45, 7) is 3.09. The third kappa shape index (κ3) is 3.14. The van der Waals surface area contributed by atoms with Crippen molar-refractivity contribution in [1.82, 2.24) is 4.90 Å². The van der Waals surface area contributed by atoms with Crippen LogP contribution in [0.15, 0.2) is 30.3 Å². The summed E-state index contributed by atoms with van der Waals surface area (Å²) in [5.74, 6) is 0.0221. The van der Waals surface area contributed by atoms with E-state index < -0.39 is 5.54 Å². The molecule has 5 heteroatoms. The number of rotatable bonds is 2. The van der Waals surface area contributed by atoms with Crippen LogP contribution in [0.1, 0.15) is 38.2 Å². The van der Waals surface area contributed by atoms with Gasteiger partial charge in [-0.05, 0) is 25.3 Å². The van der Waals surface area contributed by atoms with Crippen molar-refractivity contribution in [2.45, 2.75) is 50.3 Å². The monoisotopic (exact) mass is 324 g/mol. The number of nitrogens with two attached hydrogens (primary N) is 1. The highest BCUT2D eigenvalue weighted by Crippen LogP contribution is 2.31. The molecule has 0 radical (unpaired) electrons. The van der Waals surface area contributed by atoms with Gasteiger partial charge in [-0.2, -0.15) is 0 Å². The van der Waals surface area contributed by atoms with E-state index in [4.69, 9.17) is 10.5 Å². The topological polar surface area (TPSA) is 55.6 Å². The summed E-state index contributed by atoms with van der Waals surface area (Å²) in [4.78, 5) is 15.0. The molecule has 2 aliphatic rings. The molecule has 0 bridgehead atoms. The molecule has 0 spiro atoms. The lowest BCUT2D eigenvalue weighted by Crippen LogP contribution is -2.61. The van der Waals surface area contributed by atoms with E-state index in [9.17, 15) is 4.79 Å². The van der Waals surface area contributed by atoms with Crippen LogP contribution in [-0.2, 0) is 15.1 Å². The fourth-order valence-electron chi connectivity index (χ4n) is 3.55. The standard InChI is InChI=1S/C17H24N2O2.ClH/c1-17(18,13-7-3-2-4-8-13)16(20)19-11-12-21-15-10-6-5-9-14(15)19;/h2-4,7-8,14-15H,5-6,9-12,18H2,1H3;1H. The number of halogens is 1. The third-order valence-corrected chi connectivity index (χ3v) is 4.81. The van der Waals surface area contributed by atoms with Crippen LogP contribution in [0.5, 0.6) is 0 Å². The Morgan fingerprint density at radius 2 is 1.95 bits per heavy atom. The number of benzene rings is 1. The molecule has 122 valence electrons. The number of ether oxygens (including phenoxy) is 1. The van der Waals surface area contributed by atoms with Crippen molar-refractivity contribution >= 4 is 18.3 Å². The van der Waals surface area contributed by atoms with E-state index in [0.717, 1.165) is 18.4 Å². The zero-order valence-electron chi connectivity index (χ0n) is 13.0. The molecule has 3 atom stereocenters. The average molecular weight is 325 g/mol. The second-order valence-corrected chi connectivity index (χ2v) is 6.33. The molecular formula is C17H25ClN2O2. The van der Waals surface area contributed by atoms with Crippen LogP contribution in [0.25, 0.3) is 0 Å². The van der Waals surface area contributed by atoms with E-state index in [1.807, 2.05) is 42.2 Å². The van der Waals surface area contributed by atoms with E-state index in [1.165, 1.54) is 12.8 Å². The molecule has 0 aromatic heterocycles. The Bertz CT molecular complexity index is 505. The van der Waals surface area contributed by atoms with Gasteiger partial charge in [-0.25, -0.2) is 0 Å². The summed E-state index contributed by atoms with van der Waals surface area (Å²) in [5.41, 5.74) is 6.30. The van der Waals surface area contributed by atoms with Crippen LogP contribution in [0.2, 0.25) is 0 Å². The molecular weight excluding hydrogens is 300 g/mol. The molecule has 1 aromatic carbocycles. The van der Waals surface area contributed by atoms with Gasteiger partial charge in [-0.3, -0.25) is 4.79 Å². The first-order valence-electron chi connectivity index (χ1n) is 7.88. The minimum Gasteiger partial charge on any atom is -0.374 e. The lowest BCUT2D eigenvalue weighted by Gasteiger charge is -2.46. The third-order valence-electron chi connectivity index (χ3n) is 4.81. The summed E-state index contributed by atoms with van der Waals surface area (Å²) >= 11 is 0. The molecule has 1 heterocycles. The van der Waals surface area contributed by atoms with Crippen LogP contribution < -0.4 is 5.73 Å². The fourth-order valence-corrected chi connectivity index (χ4v) is 3.55. The zero-order valence-corrected chi connectivity index (χ0v) is 13.8. The number of fused-ring (bicyclic) bond motifs is 1. The minimum absolute atomic E-state index is 0. The van der Waals surface area contributed by atoms with Crippen molar-refractivity contribution in [2.24, 2.45) is 5.73 Å². The Morgan fingerprint density at radius 3 is 2.68 bits per heavy atom. The smallest absolute Gasteiger partial charge is 0.247 e. The summed E-state index contributed by atoms with van der Waals surface area (Å²) in [7, 11) is 0. The number of carbonyl (C=O) groups is 1.